The van der Waals surface area contributed by atoms with E-state index in [1.807, 2.05) is 0 Å². The molecule has 0 aromatic heterocycles. The maximum absolute atomic E-state index is 13.2. The van der Waals surface area contributed by atoms with Crippen molar-refractivity contribution in [3.63, 3.8) is 0 Å². The quantitative estimate of drug-likeness (QED) is 0.202. The number of aliphatic carboxylic acids is 1. The van der Waals surface area contributed by atoms with Crippen LogP contribution in [0.2, 0.25) is 0 Å². The maximum Gasteiger partial charge on any atom is 0.408 e. The van der Waals surface area contributed by atoms with Crippen molar-refractivity contribution in [3.05, 3.63) is 12.2 Å². The number of carbonyl (C=O) groups excluding carboxylic acids is 4. The van der Waals surface area contributed by atoms with E-state index in [-0.39, 0.29) is 30.6 Å². The van der Waals surface area contributed by atoms with Crippen LogP contribution in [0.4, 0.5) is 4.79 Å². The van der Waals surface area contributed by atoms with Gasteiger partial charge < -0.3 is 25.4 Å². The molecule has 3 amide bonds. The van der Waals surface area contributed by atoms with Gasteiger partial charge in [-0.05, 0) is 57.8 Å². The van der Waals surface area contributed by atoms with Crippen LogP contribution in [0.1, 0.15) is 104 Å². The van der Waals surface area contributed by atoms with E-state index in [1.54, 1.807) is 19.1 Å². The summed E-state index contributed by atoms with van der Waals surface area (Å²) in [7, 11) is 0. The van der Waals surface area contributed by atoms with E-state index < -0.39 is 41.6 Å². The Morgan fingerprint density at radius 3 is 2.35 bits per heavy atom. The Morgan fingerprint density at radius 2 is 1.73 bits per heavy atom. The van der Waals surface area contributed by atoms with E-state index in [1.165, 1.54) is 4.90 Å². The average Bonchev–Trinajstić information content (AvgIpc) is 3.69. The summed E-state index contributed by atoms with van der Waals surface area (Å²) in [5.41, 5.74) is -1.55. The highest BCUT2D eigenvalue weighted by molar-refractivity contribution is 5.94. The Hall–Kier alpha value is -2.91. The number of carboxylic acid groups (broad SMARTS) is 1. The second-order valence-corrected chi connectivity index (χ2v) is 11.5. The predicted octanol–water partition coefficient (Wildman–Crippen LogP) is 4.12. The van der Waals surface area contributed by atoms with Gasteiger partial charge in [0.2, 0.25) is 11.8 Å². The molecule has 40 heavy (non-hydrogen) atoms. The summed E-state index contributed by atoms with van der Waals surface area (Å²) < 4.78 is 5.59. The molecule has 1 aliphatic heterocycles. The fourth-order valence-corrected chi connectivity index (χ4v) is 5.79. The van der Waals surface area contributed by atoms with Gasteiger partial charge >= 0.3 is 12.1 Å². The van der Waals surface area contributed by atoms with Crippen molar-refractivity contribution in [2.24, 2.45) is 11.8 Å². The van der Waals surface area contributed by atoms with Gasteiger partial charge in [-0.3, -0.25) is 14.4 Å². The number of nitrogens with zero attached hydrogens (tertiary/aromatic N) is 1. The zero-order chi connectivity index (χ0) is 29.1. The van der Waals surface area contributed by atoms with Gasteiger partial charge in [0.25, 0.3) is 0 Å². The van der Waals surface area contributed by atoms with E-state index in [2.05, 4.69) is 17.6 Å². The zero-order valence-electron chi connectivity index (χ0n) is 24.1. The summed E-state index contributed by atoms with van der Waals surface area (Å²) >= 11 is 0. The molecule has 0 unspecified atom stereocenters. The fourth-order valence-electron chi connectivity index (χ4n) is 5.79. The van der Waals surface area contributed by atoms with Gasteiger partial charge in [-0.1, -0.05) is 58.1 Å². The molecule has 3 rings (SSSR count). The Kier molecular flexibility index (Phi) is 12.0. The minimum absolute atomic E-state index is 0.0121. The molecule has 2 saturated carbocycles. The minimum atomic E-state index is -1.55. The van der Waals surface area contributed by atoms with Crippen LogP contribution in [0, 0.1) is 11.8 Å². The fraction of sp³-hybridized carbons (Fsp3) is 0.767. The monoisotopic (exact) mass is 561 g/mol. The summed E-state index contributed by atoms with van der Waals surface area (Å²) in [6.45, 7) is 3.76. The van der Waals surface area contributed by atoms with Gasteiger partial charge in [0.05, 0.1) is 0 Å². The third-order valence-corrected chi connectivity index (χ3v) is 8.49. The minimum Gasteiger partial charge on any atom is -0.479 e. The highest BCUT2D eigenvalue weighted by Crippen LogP contribution is 2.36. The maximum atomic E-state index is 13.2. The number of nitrogens with one attached hydrogen (secondary N) is 2. The molecular formula is C30H47N3O7. The highest BCUT2D eigenvalue weighted by Gasteiger charge is 2.42. The number of amides is 3. The average molecular weight is 562 g/mol. The Morgan fingerprint density at radius 1 is 1.00 bits per heavy atom. The van der Waals surface area contributed by atoms with Crippen LogP contribution in [-0.2, 0) is 23.9 Å². The van der Waals surface area contributed by atoms with Gasteiger partial charge in [0.15, 0.2) is 17.4 Å². The first kappa shape index (κ1) is 31.6. The van der Waals surface area contributed by atoms with Gasteiger partial charge in [0.1, 0.15) is 12.6 Å². The largest absolute Gasteiger partial charge is 0.479 e. The number of hydrogen-bond acceptors (Lipinski definition) is 6. The van der Waals surface area contributed by atoms with E-state index in [4.69, 9.17) is 4.74 Å². The lowest BCUT2D eigenvalue weighted by molar-refractivity contribution is -0.147. The standard InChI is InChI=1S/C30H47N3O7/c1-3-5-6-7-11-18-30(4-2,28(37)38)32-27(36)23-15-12-19-33(23)24(34)20-31-29(39)40-26(25(35)21-16-17-21)22-13-9-8-10-14-22/h11,18,21-23,26H,3-10,12-17,19-20H2,1-2H3,(H,31,39)(H,32,36)(H,37,38)/b18-11-/t23-,26-,30+/m0/s1. The molecule has 0 spiro atoms. The molecule has 0 aromatic rings. The van der Waals surface area contributed by atoms with Crippen LogP contribution in [0.3, 0.4) is 0 Å². The van der Waals surface area contributed by atoms with Crippen LogP contribution < -0.4 is 10.6 Å². The van der Waals surface area contributed by atoms with Crippen LogP contribution in [0.15, 0.2) is 12.2 Å². The number of carboxylic acids is 1. The van der Waals surface area contributed by atoms with Gasteiger partial charge in [-0.2, -0.15) is 0 Å². The third kappa shape index (κ3) is 8.54. The number of rotatable bonds is 15. The van der Waals surface area contributed by atoms with E-state index in [9.17, 15) is 29.1 Å². The lowest BCUT2D eigenvalue weighted by Gasteiger charge is -2.31. The van der Waals surface area contributed by atoms with Crippen LogP contribution in [0.25, 0.3) is 0 Å². The topological polar surface area (TPSA) is 142 Å². The molecule has 0 radical (unpaired) electrons. The molecule has 10 nitrogen and oxygen atoms in total. The molecule has 0 aromatic carbocycles. The molecule has 224 valence electrons. The van der Waals surface area contributed by atoms with E-state index in [0.717, 1.165) is 70.6 Å². The van der Waals surface area contributed by atoms with E-state index in [0.29, 0.717) is 19.4 Å². The molecule has 1 heterocycles. The summed E-state index contributed by atoms with van der Waals surface area (Å²) in [6.07, 6.45) is 13.2. The van der Waals surface area contributed by atoms with Crippen molar-refractivity contribution >= 4 is 29.7 Å². The van der Waals surface area contributed by atoms with Crippen molar-refractivity contribution in [1.29, 1.82) is 0 Å². The molecule has 3 aliphatic rings. The number of allylic oxidation sites excluding steroid dienone is 1. The molecule has 3 N–H and O–H groups in total. The number of hydrogen-bond donors (Lipinski definition) is 3. The molecule has 1 saturated heterocycles. The van der Waals surface area contributed by atoms with Crippen molar-refractivity contribution in [1.82, 2.24) is 15.5 Å². The number of alkyl carbamates (subject to hydrolysis) is 1. The molecule has 3 atom stereocenters. The number of Topliss-reactive ketones (excluding diaryl/α,β-unsaturated/α-hetero) is 1. The smallest absolute Gasteiger partial charge is 0.408 e. The van der Waals surface area contributed by atoms with Crippen LogP contribution in [-0.4, -0.2) is 70.4 Å². The summed E-state index contributed by atoms with van der Waals surface area (Å²) in [5, 5.41) is 15.1. The Balaban J connectivity index is 1.56. The second-order valence-electron chi connectivity index (χ2n) is 11.5. The number of ketones is 1. The van der Waals surface area contributed by atoms with Crippen molar-refractivity contribution < 1.29 is 33.8 Å². The van der Waals surface area contributed by atoms with Crippen molar-refractivity contribution in [2.45, 2.75) is 121 Å². The third-order valence-electron chi connectivity index (χ3n) is 8.49. The molecule has 3 fully saturated rings. The van der Waals surface area contributed by atoms with E-state index >= 15 is 0 Å². The predicted molar refractivity (Wildman–Crippen MR) is 149 cm³/mol. The lowest BCUT2D eigenvalue weighted by atomic mass is 9.83. The number of likely N-dealkylation sites (tertiary alicyclic amines) is 1. The summed E-state index contributed by atoms with van der Waals surface area (Å²) in [4.78, 5) is 65.3. The van der Waals surface area contributed by atoms with Crippen molar-refractivity contribution in [3.8, 4) is 0 Å². The van der Waals surface area contributed by atoms with Gasteiger partial charge in [-0.25, -0.2) is 9.59 Å². The Bertz CT molecular complexity index is 942. The molecule has 2 aliphatic carbocycles. The molecule has 0 bridgehead atoms. The molecular weight excluding hydrogens is 514 g/mol. The van der Waals surface area contributed by atoms with Crippen LogP contribution >= 0.6 is 0 Å². The van der Waals surface area contributed by atoms with Gasteiger partial charge in [0, 0.05) is 18.4 Å². The highest BCUT2D eigenvalue weighted by atomic mass is 16.6. The van der Waals surface area contributed by atoms with Crippen LogP contribution in [0.5, 0.6) is 0 Å². The Labute approximate surface area is 237 Å². The number of carbonyl (C=O) groups is 5. The van der Waals surface area contributed by atoms with Crippen molar-refractivity contribution in [2.75, 3.05) is 13.1 Å². The molecule has 10 heteroatoms. The first-order valence-corrected chi connectivity index (χ1v) is 15.2. The first-order chi connectivity index (χ1) is 19.2. The normalized spacial score (nSPS) is 21.9. The lowest BCUT2D eigenvalue weighted by Crippen LogP contribution is -2.58. The number of unbranched alkanes of at least 4 members (excludes halogenated alkanes) is 3. The van der Waals surface area contributed by atoms with Gasteiger partial charge in [-0.15, -0.1) is 0 Å². The summed E-state index contributed by atoms with van der Waals surface area (Å²) in [5.74, 6) is -2.15. The first-order valence-electron chi connectivity index (χ1n) is 15.2. The zero-order valence-corrected chi connectivity index (χ0v) is 24.1. The number of ether oxygens (including phenoxy) is 1. The summed E-state index contributed by atoms with van der Waals surface area (Å²) in [6, 6.07) is -0.824. The second kappa shape index (κ2) is 15.2. The SMILES string of the molecule is CCCCC/C=C\[C@@](CC)(NC(=O)[C@@H]1CCCN1C(=O)CNC(=O)O[C@H](C(=O)C1CC1)C1CCCCC1)C(=O)O.